The average Bonchev–Trinajstić information content (AvgIpc) is 3.33. The summed E-state index contributed by atoms with van der Waals surface area (Å²) in [5.74, 6) is 1.70. The number of rotatable bonds is 3. The average molecular weight is 424 g/mol. The first kappa shape index (κ1) is 18.4. The summed E-state index contributed by atoms with van der Waals surface area (Å²) in [6.45, 7) is 3.78. The van der Waals surface area contributed by atoms with Gasteiger partial charge >= 0.3 is 0 Å². The Morgan fingerprint density at radius 3 is 2.86 bits per heavy atom. The maximum absolute atomic E-state index is 12.9. The first-order valence-electron chi connectivity index (χ1n) is 9.33. The van der Waals surface area contributed by atoms with E-state index in [-0.39, 0.29) is 5.78 Å². The maximum atomic E-state index is 12.9. The Hall–Kier alpha value is -2.60. The van der Waals surface area contributed by atoms with Crippen molar-refractivity contribution >= 4 is 34.8 Å². The zero-order valence-corrected chi connectivity index (χ0v) is 17.3. The number of nitrogens with zero attached hydrogens (tertiary/aromatic N) is 1. The monoisotopic (exact) mass is 423 g/mol. The molecule has 5 rings (SSSR count). The molecule has 0 amide bonds. The van der Waals surface area contributed by atoms with Crippen LogP contribution in [-0.4, -0.2) is 17.4 Å². The number of hydrogen-bond donors (Lipinski definition) is 0. The molecule has 1 aromatic heterocycles. The molecule has 0 bridgehead atoms. The Balaban J connectivity index is 1.44. The molecular weight excluding hydrogens is 406 g/mol. The smallest absolute Gasteiger partial charge is 0.232 e. The number of ether oxygens (including phenoxy) is 2. The number of ketones is 1. The third kappa shape index (κ3) is 3.35. The molecular formula is C23H18ClNO3S. The van der Waals surface area contributed by atoms with Crippen LogP contribution in [0, 0.1) is 6.92 Å². The number of halogens is 1. The minimum Gasteiger partial charge on any atom is -0.477 e. The van der Waals surface area contributed by atoms with Gasteiger partial charge in [0.15, 0.2) is 5.76 Å². The summed E-state index contributed by atoms with van der Waals surface area (Å²) in [5, 5.41) is 2.72. The van der Waals surface area contributed by atoms with Crippen molar-refractivity contribution in [2.45, 2.75) is 20.0 Å². The summed E-state index contributed by atoms with van der Waals surface area (Å²) in [7, 11) is 0. The zero-order chi connectivity index (χ0) is 20.0. The molecule has 0 saturated heterocycles. The van der Waals surface area contributed by atoms with Gasteiger partial charge in [0, 0.05) is 40.2 Å². The van der Waals surface area contributed by atoms with E-state index in [4.69, 9.17) is 21.1 Å². The highest BCUT2D eigenvalue weighted by Gasteiger charge is 2.33. The lowest BCUT2D eigenvalue weighted by Gasteiger charge is -2.30. The Morgan fingerprint density at radius 1 is 1.21 bits per heavy atom. The predicted octanol–water partition coefficient (Wildman–Crippen LogP) is 5.68. The number of carbonyl (C=O) groups is 1. The van der Waals surface area contributed by atoms with E-state index in [2.05, 4.69) is 4.90 Å². The Labute approximate surface area is 177 Å². The summed E-state index contributed by atoms with van der Waals surface area (Å²) < 4.78 is 12.0. The predicted molar refractivity (Wildman–Crippen MR) is 115 cm³/mol. The SMILES string of the molecule is Cc1c2c(cc3c1O/C(=C\c1cccs1)C3=O)CN(Cc1ccccc1Cl)CO2. The van der Waals surface area contributed by atoms with Crippen molar-refractivity contribution in [1.29, 1.82) is 0 Å². The second-order valence-corrected chi connectivity index (χ2v) is 8.56. The first-order valence-corrected chi connectivity index (χ1v) is 10.6. The van der Waals surface area contributed by atoms with Crippen LogP contribution in [-0.2, 0) is 13.1 Å². The van der Waals surface area contributed by atoms with Crippen molar-refractivity contribution in [3.05, 3.63) is 85.8 Å². The molecule has 6 heteroatoms. The molecule has 0 atom stereocenters. The van der Waals surface area contributed by atoms with Gasteiger partial charge in [0.2, 0.25) is 5.78 Å². The van der Waals surface area contributed by atoms with Crippen molar-refractivity contribution < 1.29 is 14.3 Å². The lowest BCUT2D eigenvalue weighted by molar-refractivity contribution is 0.0877. The van der Waals surface area contributed by atoms with Crippen LogP contribution in [0.1, 0.15) is 31.9 Å². The van der Waals surface area contributed by atoms with E-state index in [0.717, 1.165) is 32.3 Å². The highest BCUT2D eigenvalue weighted by molar-refractivity contribution is 7.10. The van der Waals surface area contributed by atoms with Crippen molar-refractivity contribution in [3.63, 3.8) is 0 Å². The Kier molecular flexibility index (Phi) is 4.66. The molecule has 0 radical (unpaired) electrons. The van der Waals surface area contributed by atoms with Crippen LogP contribution in [0.25, 0.3) is 6.08 Å². The molecule has 0 fully saturated rings. The van der Waals surface area contributed by atoms with Crippen LogP contribution in [0.15, 0.2) is 53.6 Å². The van der Waals surface area contributed by atoms with Gasteiger partial charge in [0.05, 0.1) is 5.56 Å². The third-order valence-corrected chi connectivity index (χ3v) is 6.36. The van der Waals surface area contributed by atoms with Crippen molar-refractivity contribution in [2.75, 3.05) is 6.73 Å². The zero-order valence-electron chi connectivity index (χ0n) is 15.8. The van der Waals surface area contributed by atoms with E-state index < -0.39 is 0 Å². The second kappa shape index (κ2) is 7.34. The molecule has 2 aliphatic heterocycles. The molecule has 2 aromatic carbocycles. The third-order valence-electron chi connectivity index (χ3n) is 5.17. The number of carbonyl (C=O) groups excluding carboxylic acids is 1. The molecule has 0 N–H and O–H groups in total. The molecule has 0 spiro atoms. The van der Waals surface area contributed by atoms with Gasteiger partial charge in [-0.1, -0.05) is 35.9 Å². The molecule has 146 valence electrons. The quantitative estimate of drug-likeness (QED) is 0.508. The van der Waals surface area contributed by atoms with E-state index in [1.807, 2.05) is 54.8 Å². The van der Waals surface area contributed by atoms with E-state index in [1.54, 1.807) is 17.4 Å². The summed E-state index contributed by atoms with van der Waals surface area (Å²) in [6.07, 6.45) is 1.80. The molecule has 3 heterocycles. The van der Waals surface area contributed by atoms with E-state index in [9.17, 15) is 4.79 Å². The van der Waals surface area contributed by atoms with Crippen LogP contribution in [0.2, 0.25) is 5.02 Å². The minimum atomic E-state index is -0.0810. The summed E-state index contributed by atoms with van der Waals surface area (Å²) in [4.78, 5) is 16.1. The highest BCUT2D eigenvalue weighted by Crippen LogP contribution is 2.43. The summed E-state index contributed by atoms with van der Waals surface area (Å²) >= 11 is 7.88. The first-order chi connectivity index (χ1) is 14.1. The normalized spacial score (nSPS) is 17.0. The number of thiophene rings is 1. The van der Waals surface area contributed by atoms with Crippen molar-refractivity contribution in [2.24, 2.45) is 0 Å². The molecule has 29 heavy (non-hydrogen) atoms. The fourth-order valence-electron chi connectivity index (χ4n) is 3.77. The van der Waals surface area contributed by atoms with Crippen LogP contribution >= 0.6 is 22.9 Å². The highest BCUT2D eigenvalue weighted by atomic mass is 35.5. The van der Waals surface area contributed by atoms with Crippen molar-refractivity contribution in [3.8, 4) is 11.5 Å². The summed E-state index contributed by atoms with van der Waals surface area (Å²) in [6, 6.07) is 13.6. The lowest BCUT2D eigenvalue weighted by atomic mass is 10.00. The molecule has 0 saturated carbocycles. The van der Waals surface area contributed by atoms with Gasteiger partial charge in [0.1, 0.15) is 18.2 Å². The summed E-state index contributed by atoms with van der Waals surface area (Å²) in [5.41, 5.74) is 3.53. The number of fused-ring (bicyclic) bond motifs is 2. The molecule has 4 nitrogen and oxygen atoms in total. The number of benzene rings is 2. The van der Waals surface area contributed by atoms with Crippen molar-refractivity contribution in [1.82, 2.24) is 4.90 Å². The van der Waals surface area contributed by atoms with Crippen LogP contribution in [0.5, 0.6) is 11.5 Å². The van der Waals surface area contributed by atoms with Gasteiger partial charge in [-0.15, -0.1) is 11.3 Å². The van der Waals surface area contributed by atoms with E-state index in [0.29, 0.717) is 36.9 Å². The van der Waals surface area contributed by atoms with Gasteiger partial charge in [0.25, 0.3) is 0 Å². The second-order valence-electron chi connectivity index (χ2n) is 7.17. The minimum absolute atomic E-state index is 0.0810. The topological polar surface area (TPSA) is 38.8 Å². The van der Waals surface area contributed by atoms with Crippen LogP contribution in [0.3, 0.4) is 0 Å². The van der Waals surface area contributed by atoms with E-state index in [1.165, 1.54) is 0 Å². The van der Waals surface area contributed by atoms with Gasteiger partial charge in [-0.05, 0) is 36.1 Å². The van der Waals surface area contributed by atoms with E-state index >= 15 is 0 Å². The molecule has 2 aliphatic rings. The Morgan fingerprint density at radius 2 is 2.07 bits per heavy atom. The maximum Gasteiger partial charge on any atom is 0.232 e. The van der Waals surface area contributed by atoms with Gasteiger partial charge in [-0.2, -0.15) is 0 Å². The van der Waals surface area contributed by atoms with Gasteiger partial charge < -0.3 is 9.47 Å². The van der Waals surface area contributed by atoms with Crippen LogP contribution in [0.4, 0.5) is 0 Å². The molecule has 3 aromatic rings. The standard InChI is InChI=1S/C23H18ClNO3S/c1-14-22-16(12-25(13-27-22)11-15-5-2-3-7-19(15)24)9-18-21(26)20(28-23(14)18)10-17-6-4-8-29-17/h2-10H,11-13H2,1H3/b20-10-. The molecule has 0 aliphatic carbocycles. The lowest BCUT2D eigenvalue weighted by Crippen LogP contribution is -2.32. The fraction of sp³-hybridized carbons (Fsp3) is 0.174. The Bertz CT molecular complexity index is 1140. The fourth-order valence-corrected chi connectivity index (χ4v) is 4.61. The largest absolute Gasteiger partial charge is 0.477 e. The number of Topliss-reactive ketones (excluding diaryl/α,β-unsaturated/α-hetero) is 1. The van der Waals surface area contributed by atoms with Crippen LogP contribution < -0.4 is 9.47 Å². The van der Waals surface area contributed by atoms with Gasteiger partial charge in [-0.25, -0.2) is 0 Å². The number of hydrogen-bond acceptors (Lipinski definition) is 5. The number of allylic oxidation sites excluding steroid dienone is 1. The van der Waals surface area contributed by atoms with Gasteiger partial charge in [-0.3, -0.25) is 9.69 Å². The molecule has 0 unspecified atom stereocenters.